The first-order chi connectivity index (χ1) is 8.75. The Morgan fingerprint density at radius 2 is 1.78 bits per heavy atom. The van der Waals surface area contributed by atoms with Crippen molar-refractivity contribution >= 4 is 16.6 Å². The van der Waals surface area contributed by atoms with E-state index in [1.54, 1.807) is 0 Å². The molecule has 5 heteroatoms. The Morgan fingerprint density at radius 3 is 2.50 bits per heavy atom. The van der Waals surface area contributed by atoms with Crippen molar-refractivity contribution in [3.8, 4) is 0 Å². The lowest BCUT2D eigenvalue weighted by molar-refractivity contribution is 0.312. The van der Waals surface area contributed by atoms with Crippen LogP contribution in [0.2, 0.25) is 0 Å². The third kappa shape index (κ3) is 1.86. The second-order valence-corrected chi connectivity index (χ2v) is 4.71. The molecule has 5 nitrogen and oxygen atoms in total. The predicted molar refractivity (Wildman–Crippen MR) is 72.1 cm³/mol. The fourth-order valence-corrected chi connectivity index (χ4v) is 2.36. The summed E-state index contributed by atoms with van der Waals surface area (Å²) in [6.07, 6.45) is 0. The first kappa shape index (κ1) is 11.2. The SMILES string of the molecule is CN1CCN(c2n[nH]c(=O)c3ccccc23)CC1. The highest BCUT2D eigenvalue weighted by molar-refractivity contribution is 5.91. The highest BCUT2D eigenvalue weighted by Crippen LogP contribution is 2.21. The van der Waals surface area contributed by atoms with Crippen LogP contribution in [0, 0.1) is 0 Å². The number of H-pyrrole nitrogens is 1. The molecule has 0 bridgehead atoms. The van der Waals surface area contributed by atoms with Gasteiger partial charge in [0.05, 0.1) is 5.39 Å². The van der Waals surface area contributed by atoms with Crippen LogP contribution in [0.25, 0.3) is 10.8 Å². The van der Waals surface area contributed by atoms with E-state index in [4.69, 9.17) is 0 Å². The molecule has 1 aromatic carbocycles. The van der Waals surface area contributed by atoms with E-state index in [9.17, 15) is 4.79 Å². The highest BCUT2D eigenvalue weighted by Gasteiger charge is 2.18. The molecule has 1 saturated heterocycles. The lowest BCUT2D eigenvalue weighted by atomic mass is 10.1. The largest absolute Gasteiger partial charge is 0.352 e. The number of hydrogen-bond acceptors (Lipinski definition) is 4. The highest BCUT2D eigenvalue weighted by atomic mass is 16.1. The molecule has 0 aliphatic carbocycles. The van der Waals surface area contributed by atoms with Crippen LogP contribution in [0.5, 0.6) is 0 Å². The molecule has 0 unspecified atom stereocenters. The van der Waals surface area contributed by atoms with Crippen molar-refractivity contribution in [2.45, 2.75) is 0 Å². The number of aromatic nitrogens is 2. The molecule has 1 aromatic heterocycles. The van der Waals surface area contributed by atoms with Crippen LogP contribution in [0.15, 0.2) is 29.1 Å². The Bertz CT molecular complexity index is 614. The Balaban J connectivity index is 2.07. The van der Waals surface area contributed by atoms with Gasteiger partial charge in [0.25, 0.3) is 5.56 Å². The monoisotopic (exact) mass is 244 g/mol. The molecule has 1 N–H and O–H groups in total. The van der Waals surface area contributed by atoms with E-state index in [0.717, 1.165) is 37.4 Å². The van der Waals surface area contributed by atoms with E-state index < -0.39 is 0 Å². The Hall–Kier alpha value is -1.88. The summed E-state index contributed by atoms with van der Waals surface area (Å²) in [7, 11) is 2.12. The number of nitrogens with one attached hydrogen (secondary N) is 1. The van der Waals surface area contributed by atoms with Crippen LogP contribution in [0.1, 0.15) is 0 Å². The zero-order valence-corrected chi connectivity index (χ0v) is 10.4. The van der Waals surface area contributed by atoms with Gasteiger partial charge in [-0.2, -0.15) is 5.10 Å². The smallest absolute Gasteiger partial charge is 0.272 e. The van der Waals surface area contributed by atoms with Crippen LogP contribution >= 0.6 is 0 Å². The zero-order valence-electron chi connectivity index (χ0n) is 10.4. The molecule has 18 heavy (non-hydrogen) atoms. The number of hydrogen-bond donors (Lipinski definition) is 1. The molecular formula is C13H16N4O. The summed E-state index contributed by atoms with van der Waals surface area (Å²) in [5.41, 5.74) is -0.122. The molecular weight excluding hydrogens is 228 g/mol. The molecule has 2 aromatic rings. The van der Waals surface area contributed by atoms with E-state index >= 15 is 0 Å². The summed E-state index contributed by atoms with van der Waals surface area (Å²) >= 11 is 0. The summed E-state index contributed by atoms with van der Waals surface area (Å²) in [5, 5.41) is 8.46. The minimum atomic E-state index is -0.122. The maximum atomic E-state index is 11.7. The molecule has 1 fully saturated rings. The van der Waals surface area contributed by atoms with Gasteiger partial charge in [0.15, 0.2) is 5.82 Å². The standard InChI is InChI=1S/C13H16N4O/c1-16-6-8-17(9-7-16)12-10-4-2-3-5-11(10)13(18)15-14-12/h2-5H,6-9H2,1H3,(H,15,18). The van der Waals surface area contributed by atoms with E-state index in [2.05, 4.69) is 27.0 Å². The molecule has 0 saturated carbocycles. The number of likely N-dealkylation sites (N-methyl/N-ethyl adjacent to an activating group) is 1. The number of piperazine rings is 1. The fraction of sp³-hybridized carbons (Fsp3) is 0.385. The molecule has 1 aliphatic rings. The van der Waals surface area contributed by atoms with Gasteiger partial charge in [-0.15, -0.1) is 0 Å². The van der Waals surface area contributed by atoms with Crippen LogP contribution in [0.3, 0.4) is 0 Å². The molecule has 2 heterocycles. The molecule has 94 valence electrons. The molecule has 0 spiro atoms. The quantitative estimate of drug-likeness (QED) is 0.801. The van der Waals surface area contributed by atoms with Gasteiger partial charge in [-0.3, -0.25) is 4.79 Å². The van der Waals surface area contributed by atoms with Crippen molar-refractivity contribution in [3.63, 3.8) is 0 Å². The third-order valence-corrected chi connectivity index (χ3v) is 3.48. The average Bonchev–Trinajstić information content (AvgIpc) is 2.41. The molecule has 1 aliphatic heterocycles. The van der Waals surface area contributed by atoms with E-state index in [-0.39, 0.29) is 5.56 Å². The molecule has 0 atom stereocenters. The number of benzene rings is 1. The van der Waals surface area contributed by atoms with Gasteiger partial charge in [0.1, 0.15) is 0 Å². The van der Waals surface area contributed by atoms with Crippen LogP contribution in [0.4, 0.5) is 5.82 Å². The fourth-order valence-electron chi connectivity index (χ4n) is 2.36. The van der Waals surface area contributed by atoms with Crippen LogP contribution in [-0.4, -0.2) is 48.3 Å². The normalized spacial score (nSPS) is 17.3. The number of nitrogens with zero attached hydrogens (tertiary/aromatic N) is 3. The van der Waals surface area contributed by atoms with Crippen molar-refractivity contribution < 1.29 is 0 Å². The summed E-state index contributed by atoms with van der Waals surface area (Å²) in [6, 6.07) is 7.63. The molecule has 0 radical (unpaired) electrons. The first-order valence-corrected chi connectivity index (χ1v) is 6.16. The Kier molecular flexibility index (Phi) is 2.76. The van der Waals surface area contributed by atoms with Gasteiger partial charge >= 0.3 is 0 Å². The van der Waals surface area contributed by atoms with Crippen molar-refractivity contribution in [3.05, 3.63) is 34.6 Å². The lowest BCUT2D eigenvalue weighted by Crippen LogP contribution is -2.45. The summed E-state index contributed by atoms with van der Waals surface area (Å²) in [5.74, 6) is 0.887. The summed E-state index contributed by atoms with van der Waals surface area (Å²) < 4.78 is 0. The van der Waals surface area contributed by atoms with Crippen molar-refractivity contribution in [1.82, 2.24) is 15.1 Å². The summed E-state index contributed by atoms with van der Waals surface area (Å²) in [4.78, 5) is 16.3. The second kappa shape index (κ2) is 4.42. The second-order valence-electron chi connectivity index (χ2n) is 4.71. The lowest BCUT2D eigenvalue weighted by Gasteiger charge is -2.33. The zero-order chi connectivity index (χ0) is 12.5. The Labute approximate surface area is 105 Å². The third-order valence-electron chi connectivity index (χ3n) is 3.48. The van der Waals surface area contributed by atoms with Gasteiger partial charge in [0, 0.05) is 31.6 Å². The maximum Gasteiger partial charge on any atom is 0.272 e. The van der Waals surface area contributed by atoms with Crippen LogP contribution in [-0.2, 0) is 0 Å². The number of rotatable bonds is 1. The van der Waals surface area contributed by atoms with Gasteiger partial charge in [-0.05, 0) is 13.1 Å². The van der Waals surface area contributed by atoms with Gasteiger partial charge in [-0.25, -0.2) is 5.10 Å². The number of anilines is 1. The summed E-state index contributed by atoms with van der Waals surface area (Å²) in [6.45, 7) is 3.93. The van der Waals surface area contributed by atoms with Crippen LogP contribution < -0.4 is 10.5 Å². The van der Waals surface area contributed by atoms with Crippen molar-refractivity contribution in [2.75, 3.05) is 38.1 Å². The molecule has 0 amide bonds. The van der Waals surface area contributed by atoms with Crippen molar-refractivity contribution in [2.24, 2.45) is 0 Å². The molecule has 3 rings (SSSR count). The number of aromatic amines is 1. The minimum Gasteiger partial charge on any atom is -0.352 e. The van der Waals surface area contributed by atoms with Crippen molar-refractivity contribution in [1.29, 1.82) is 0 Å². The first-order valence-electron chi connectivity index (χ1n) is 6.16. The average molecular weight is 244 g/mol. The maximum absolute atomic E-state index is 11.7. The van der Waals surface area contributed by atoms with Gasteiger partial charge in [0.2, 0.25) is 0 Å². The van der Waals surface area contributed by atoms with E-state index in [1.165, 1.54) is 0 Å². The Morgan fingerprint density at radius 1 is 1.11 bits per heavy atom. The number of fused-ring (bicyclic) bond motifs is 1. The van der Waals surface area contributed by atoms with Gasteiger partial charge in [-0.1, -0.05) is 18.2 Å². The predicted octanol–water partition coefficient (Wildman–Crippen LogP) is 0.675. The van der Waals surface area contributed by atoms with E-state index in [0.29, 0.717) is 5.39 Å². The minimum absolute atomic E-state index is 0.122. The topological polar surface area (TPSA) is 52.2 Å². The van der Waals surface area contributed by atoms with E-state index in [1.807, 2.05) is 24.3 Å². The van der Waals surface area contributed by atoms with Gasteiger partial charge < -0.3 is 9.80 Å².